The van der Waals surface area contributed by atoms with Crippen molar-refractivity contribution < 1.29 is 0 Å². The van der Waals surface area contributed by atoms with Gasteiger partial charge in [-0.2, -0.15) is 0 Å². The minimum absolute atomic E-state index is 0.970. The highest BCUT2D eigenvalue weighted by Gasteiger charge is 1.97. The van der Waals surface area contributed by atoms with E-state index < -0.39 is 0 Å². The van der Waals surface area contributed by atoms with E-state index in [-0.39, 0.29) is 0 Å². The third kappa shape index (κ3) is 1.49. The smallest absolute Gasteiger partial charge is 0.0652 e. The Kier molecular flexibility index (Phi) is 1.78. The Labute approximate surface area is 55.0 Å². The molecule has 0 aliphatic rings. The van der Waals surface area contributed by atoms with E-state index in [0.717, 1.165) is 5.69 Å². The number of hydrogen-bond acceptors (Lipinski definition) is 2. The Morgan fingerprint density at radius 2 is 2.11 bits per heavy atom. The van der Waals surface area contributed by atoms with E-state index in [9.17, 15) is 0 Å². The summed E-state index contributed by atoms with van der Waals surface area (Å²) in [4.78, 5) is 8.00. The second kappa shape index (κ2) is 2.58. The van der Waals surface area contributed by atoms with Crippen LogP contribution in [0, 0.1) is 5.92 Å². The van der Waals surface area contributed by atoms with Crippen LogP contribution in [0.3, 0.4) is 0 Å². The van der Waals surface area contributed by atoms with E-state index in [1.54, 1.807) is 18.6 Å². The summed E-state index contributed by atoms with van der Waals surface area (Å²) in [5, 5.41) is 0. The first-order valence-electron chi connectivity index (χ1n) is 2.87. The summed E-state index contributed by atoms with van der Waals surface area (Å²) in [6, 6.07) is 0. The molecule has 0 fully saturated rings. The Morgan fingerprint density at radius 1 is 1.33 bits per heavy atom. The molecule has 0 bridgehead atoms. The molecule has 1 radical (unpaired) electrons. The van der Waals surface area contributed by atoms with E-state index in [1.165, 1.54) is 5.92 Å². The molecule has 0 saturated heterocycles. The molecule has 0 aliphatic heterocycles. The van der Waals surface area contributed by atoms with Gasteiger partial charge < -0.3 is 0 Å². The molecule has 0 spiro atoms. The van der Waals surface area contributed by atoms with Crippen LogP contribution in [0.25, 0.3) is 0 Å². The minimum atomic E-state index is 0.970. The van der Waals surface area contributed by atoms with Crippen molar-refractivity contribution in [1.82, 2.24) is 9.97 Å². The van der Waals surface area contributed by atoms with Crippen molar-refractivity contribution in [3.63, 3.8) is 0 Å². The third-order valence-electron chi connectivity index (χ3n) is 1.08. The lowest BCUT2D eigenvalue weighted by atomic mass is 10.1. The number of rotatable bonds is 1. The van der Waals surface area contributed by atoms with E-state index in [2.05, 4.69) is 9.97 Å². The van der Waals surface area contributed by atoms with Gasteiger partial charge in [0.15, 0.2) is 0 Å². The molecule has 47 valence electrons. The van der Waals surface area contributed by atoms with Crippen molar-refractivity contribution in [2.75, 3.05) is 0 Å². The SMILES string of the molecule is C[C](C)c1cnccn1. The van der Waals surface area contributed by atoms with Crippen molar-refractivity contribution in [3.8, 4) is 0 Å². The van der Waals surface area contributed by atoms with Crippen LogP contribution in [0.1, 0.15) is 19.5 Å². The molecule has 1 rings (SSSR count). The van der Waals surface area contributed by atoms with E-state index >= 15 is 0 Å². The van der Waals surface area contributed by atoms with Gasteiger partial charge in [0.25, 0.3) is 0 Å². The zero-order valence-corrected chi connectivity index (χ0v) is 5.63. The molecule has 2 nitrogen and oxygen atoms in total. The molecule has 0 saturated carbocycles. The molecular weight excluding hydrogens is 112 g/mol. The summed E-state index contributed by atoms with van der Waals surface area (Å²) >= 11 is 0. The summed E-state index contributed by atoms with van der Waals surface area (Å²) in [6.07, 6.45) is 5.13. The van der Waals surface area contributed by atoms with Gasteiger partial charge in [0.05, 0.1) is 5.69 Å². The second-order valence-electron chi connectivity index (χ2n) is 2.09. The van der Waals surface area contributed by atoms with Gasteiger partial charge >= 0.3 is 0 Å². The minimum Gasteiger partial charge on any atom is -0.261 e. The molecule has 0 atom stereocenters. The zero-order chi connectivity index (χ0) is 6.69. The molecular formula is C7H9N2. The van der Waals surface area contributed by atoms with Crippen LogP contribution in [0.5, 0.6) is 0 Å². The topological polar surface area (TPSA) is 25.8 Å². The highest BCUT2D eigenvalue weighted by Crippen LogP contribution is 2.05. The van der Waals surface area contributed by atoms with Crippen molar-refractivity contribution in [1.29, 1.82) is 0 Å². The molecule has 0 aromatic carbocycles. The molecule has 2 heteroatoms. The summed E-state index contributed by atoms with van der Waals surface area (Å²) in [7, 11) is 0. The fourth-order valence-electron chi connectivity index (χ4n) is 0.557. The van der Waals surface area contributed by atoms with Gasteiger partial charge in [0.1, 0.15) is 0 Å². The van der Waals surface area contributed by atoms with Crippen LogP contribution in [-0.2, 0) is 0 Å². The molecule has 0 aliphatic carbocycles. The number of nitrogens with zero attached hydrogens (tertiary/aromatic N) is 2. The van der Waals surface area contributed by atoms with Crippen molar-refractivity contribution >= 4 is 0 Å². The quantitative estimate of drug-likeness (QED) is 0.561. The van der Waals surface area contributed by atoms with Gasteiger partial charge in [-0.05, 0) is 0 Å². The van der Waals surface area contributed by atoms with E-state index in [0.29, 0.717) is 0 Å². The lowest BCUT2D eigenvalue weighted by Gasteiger charge is -1.98. The van der Waals surface area contributed by atoms with Gasteiger partial charge in [-0.25, -0.2) is 0 Å². The lowest BCUT2D eigenvalue weighted by Crippen LogP contribution is -1.91. The maximum atomic E-state index is 4.08. The van der Waals surface area contributed by atoms with Crippen LogP contribution in [0.4, 0.5) is 0 Å². The van der Waals surface area contributed by atoms with Crippen LogP contribution in [0.2, 0.25) is 0 Å². The van der Waals surface area contributed by atoms with Gasteiger partial charge in [0.2, 0.25) is 0 Å². The number of aromatic nitrogens is 2. The maximum absolute atomic E-state index is 4.08. The molecule has 0 N–H and O–H groups in total. The molecule has 9 heavy (non-hydrogen) atoms. The van der Waals surface area contributed by atoms with Crippen molar-refractivity contribution in [2.24, 2.45) is 0 Å². The zero-order valence-electron chi connectivity index (χ0n) is 5.63. The predicted molar refractivity (Wildman–Crippen MR) is 35.7 cm³/mol. The van der Waals surface area contributed by atoms with Crippen molar-refractivity contribution in [2.45, 2.75) is 13.8 Å². The van der Waals surface area contributed by atoms with Crippen molar-refractivity contribution in [3.05, 3.63) is 30.2 Å². The molecule has 1 aromatic rings. The van der Waals surface area contributed by atoms with Crippen LogP contribution in [0.15, 0.2) is 18.6 Å². The Hall–Kier alpha value is -0.920. The van der Waals surface area contributed by atoms with Gasteiger partial charge in [0, 0.05) is 24.5 Å². The number of hydrogen-bond donors (Lipinski definition) is 0. The average Bonchev–Trinajstić information content (AvgIpc) is 1.90. The highest BCUT2D eigenvalue weighted by molar-refractivity contribution is 5.14. The van der Waals surface area contributed by atoms with Crippen LogP contribution >= 0.6 is 0 Å². The first-order valence-corrected chi connectivity index (χ1v) is 2.87. The molecule has 0 unspecified atom stereocenters. The summed E-state index contributed by atoms with van der Waals surface area (Å²) in [6.45, 7) is 4.04. The summed E-state index contributed by atoms with van der Waals surface area (Å²) < 4.78 is 0. The second-order valence-corrected chi connectivity index (χ2v) is 2.09. The standard InChI is InChI=1S/C7H9N2/c1-6(2)7-5-8-3-4-9-7/h3-5H,1-2H3. The molecule has 1 heterocycles. The largest absolute Gasteiger partial charge is 0.261 e. The molecule has 0 amide bonds. The van der Waals surface area contributed by atoms with E-state index in [1.807, 2.05) is 13.8 Å². The van der Waals surface area contributed by atoms with Crippen LogP contribution < -0.4 is 0 Å². The highest BCUT2D eigenvalue weighted by atomic mass is 14.8. The fraction of sp³-hybridized carbons (Fsp3) is 0.286. The monoisotopic (exact) mass is 121 g/mol. The normalized spacial score (nSPS) is 10.1. The van der Waals surface area contributed by atoms with Crippen LogP contribution in [-0.4, -0.2) is 9.97 Å². The molecule has 1 aromatic heterocycles. The van der Waals surface area contributed by atoms with E-state index in [4.69, 9.17) is 0 Å². The summed E-state index contributed by atoms with van der Waals surface area (Å²) in [5.74, 6) is 1.20. The predicted octanol–water partition coefficient (Wildman–Crippen LogP) is 1.44. The third-order valence-corrected chi connectivity index (χ3v) is 1.08. The first kappa shape index (κ1) is 6.20. The van der Waals surface area contributed by atoms with Gasteiger partial charge in [-0.3, -0.25) is 9.97 Å². The van der Waals surface area contributed by atoms with Gasteiger partial charge in [-0.15, -0.1) is 0 Å². The first-order chi connectivity index (χ1) is 4.30. The maximum Gasteiger partial charge on any atom is 0.0652 e. The fourth-order valence-corrected chi connectivity index (χ4v) is 0.557. The summed E-state index contributed by atoms with van der Waals surface area (Å²) in [5.41, 5.74) is 0.970. The Balaban J connectivity index is 2.85. The Morgan fingerprint density at radius 3 is 2.44 bits per heavy atom. The van der Waals surface area contributed by atoms with Gasteiger partial charge in [-0.1, -0.05) is 13.8 Å². The average molecular weight is 121 g/mol. The lowest BCUT2D eigenvalue weighted by molar-refractivity contribution is 1.02. The Bertz CT molecular complexity index is 170.